The van der Waals surface area contributed by atoms with E-state index in [0.717, 1.165) is 16.8 Å². The fourth-order valence-electron chi connectivity index (χ4n) is 2.21. The van der Waals surface area contributed by atoms with Crippen molar-refractivity contribution in [3.8, 4) is 0 Å². The maximum Gasteiger partial charge on any atom is 0.0962 e. The Hall–Kier alpha value is -1.51. The van der Waals surface area contributed by atoms with Crippen molar-refractivity contribution in [2.75, 3.05) is 11.9 Å². The highest BCUT2D eigenvalue weighted by Crippen LogP contribution is 2.22. The summed E-state index contributed by atoms with van der Waals surface area (Å²) >= 11 is 5.99. The van der Waals surface area contributed by atoms with Crippen molar-refractivity contribution in [1.29, 1.82) is 0 Å². The number of hydrogen-bond donors (Lipinski definition) is 2. The highest BCUT2D eigenvalue weighted by Gasteiger charge is 2.09. The average molecular weight is 304 g/mol. The predicted octanol–water partition coefficient (Wildman–Crippen LogP) is 4.92. The lowest BCUT2D eigenvalue weighted by molar-refractivity contribution is 0.191. The Morgan fingerprint density at radius 3 is 2.29 bits per heavy atom. The number of anilines is 1. The van der Waals surface area contributed by atoms with E-state index >= 15 is 0 Å². The minimum absolute atomic E-state index is 0.461. The first-order valence-corrected chi connectivity index (χ1v) is 7.63. The molecule has 0 bridgehead atoms. The van der Waals surface area contributed by atoms with Crippen LogP contribution in [0.1, 0.15) is 42.6 Å². The molecule has 0 aromatic heterocycles. The van der Waals surface area contributed by atoms with Crippen LogP contribution in [0.3, 0.4) is 0 Å². The highest BCUT2D eigenvalue weighted by molar-refractivity contribution is 6.30. The molecule has 1 atom stereocenters. The maximum atomic E-state index is 10.3. The Kier molecular flexibility index (Phi) is 5.27. The van der Waals surface area contributed by atoms with E-state index in [9.17, 15) is 5.11 Å². The number of hydrogen-bond acceptors (Lipinski definition) is 2. The fourth-order valence-corrected chi connectivity index (χ4v) is 2.38. The zero-order valence-electron chi connectivity index (χ0n) is 12.7. The third-order valence-electron chi connectivity index (χ3n) is 3.67. The van der Waals surface area contributed by atoms with Gasteiger partial charge in [0.1, 0.15) is 0 Å². The molecule has 2 aromatic rings. The van der Waals surface area contributed by atoms with E-state index in [4.69, 9.17) is 11.6 Å². The normalized spacial score (nSPS) is 12.5. The molecule has 0 amide bonds. The van der Waals surface area contributed by atoms with E-state index in [0.29, 0.717) is 17.5 Å². The second-order valence-electron chi connectivity index (χ2n) is 5.68. The van der Waals surface area contributed by atoms with Gasteiger partial charge in [-0.3, -0.25) is 0 Å². The Morgan fingerprint density at radius 1 is 1.05 bits per heavy atom. The Balaban J connectivity index is 2.01. The standard InChI is InChI=1S/C18H22ClNO/c1-12(2)14-5-7-15(8-6-14)18(21)11-20-17-10-16(19)9-4-13(17)3/h4-10,12,18,20-21H,11H2,1-3H3. The lowest BCUT2D eigenvalue weighted by Crippen LogP contribution is -2.12. The van der Waals surface area contributed by atoms with Crippen LogP contribution in [0.2, 0.25) is 5.02 Å². The van der Waals surface area contributed by atoms with Crippen molar-refractivity contribution in [3.05, 3.63) is 64.2 Å². The molecule has 0 saturated heterocycles. The summed E-state index contributed by atoms with van der Waals surface area (Å²) in [4.78, 5) is 0. The third-order valence-corrected chi connectivity index (χ3v) is 3.91. The summed E-state index contributed by atoms with van der Waals surface area (Å²) in [5.41, 5.74) is 4.28. The summed E-state index contributed by atoms with van der Waals surface area (Å²) in [7, 11) is 0. The van der Waals surface area contributed by atoms with E-state index in [1.54, 1.807) is 0 Å². The molecule has 2 nitrogen and oxygen atoms in total. The molecule has 0 saturated carbocycles. The number of rotatable bonds is 5. The molecule has 112 valence electrons. The summed E-state index contributed by atoms with van der Waals surface area (Å²) in [6.45, 7) is 6.80. The summed E-state index contributed by atoms with van der Waals surface area (Å²) in [6, 6.07) is 13.9. The van der Waals surface area contributed by atoms with Crippen molar-refractivity contribution in [2.24, 2.45) is 0 Å². The zero-order chi connectivity index (χ0) is 15.4. The first-order chi connectivity index (χ1) is 9.97. The predicted molar refractivity (Wildman–Crippen MR) is 90.2 cm³/mol. The Bertz CT molecular complexity index is 593. The van der Waals surface area contributed by atoms with Crippen LogP contribution in [-0.2, 0) is 0 Å². The SMILES string of the molecule is Cc1ccc(Cl)cc1NCC(O)c1ccc(C(C)C)cc1. The van der Waals surface area contributed by atoms with Crippen LogP contribution in [0.5, 0.6) is 0 Å². The van der Waals surface area contributed by atoms with E-state index in [2.05, 4.69) is 31.3 Å². The van der Waals surface area contributed by atoms with E-state index in [1.807, 2.05) is 37.3 Å². The molecule has 2 aromatic carbocycles. The van der Waals surface area contributed by atoms with Crippen molar-refractivity contribution in [1.82, 2.24) is 0 Å². The number of aliphatic hydroxyl groups excluding tert-OH is 1. The van der Waals surface area contributed by atoms with Crippen LogP contribution < -0.4 is 5.32 Å². The maximum absolute atomic E-state index is 10.3. The van der Waals surface area contributed by atoms with Crippen LogP contribution in [0, 0.1) is 6.92 Å². The van der Waals surface area contributed by atoms with E-state index < -0.39 is 6.10 Å². The number of benzene rings is 2. The summed E-state index contributed by atoms with van der Waals surface area (Å²) in [5, 5.41) is 14.2. The highest BCUT2D eigenvalue weighted by atomic mass is 35.5. The summed E-state index contributed by atoms with van der Waals surface area (Å²) in [6.07, 6.45) is -0.537. The lowest BCUT2D eigenvalue weighted by Gasteiger charge is -2.16. The van der Waals surface area contributed by atoms with Gasteiger partial charge in [0, 0.05) is 17.3 Å². The van der Waals surface area contributed by atoms with Crippen LogP contribution in [-0.4, -0.2) is 11.7 Å². The second kappa shape index (κ2) is 6.97. The molecule has 0 aliphatic rings. The molecule has 0 aliphatic heterocycles. The largest absolute Gasteiger partial charge is 0.387 e. The lowest BCUT2D eigenvalue weighted by atomic mass is 10.00. The Morgan fingerprint density at radius 2 is 1.67 bits per heavy atom. The van der Waals surface area contributed by atoms with E-state index in [1.165, 1.54) is 5.56 Å². The van der Waals surface area contributed by atoms with Crippen molar-refractivity contribution in [2.45, 2.75) is 32.8 Å². The molecule has 21 heavy (non-hydrogen) atoms. The molecule has 0 aliphatic carbocycles. The molecule has 0 fully saturated rings. The van der Waals surface area contributed by atoms with Gasteiger partial charge in [-0.1, -0.05) is 55.8 Å². The van der Waals surface area contributed by atoms with Gasteiger partial charge >= 0.3 is 0 Å². The first-order valence-electron chi connectivity index (χ1n) is 7.25. The first kappa shape index (κ1) is 15.9. The zero-order valence-corrected chi connectivity index (χ0v) is 13.5. The number of aliphatic hydroxyl groups is 1. The van der Waals surface area contributed by atoms with Gasteiger partial charge in [-0.05, 0) is 41.7 Å². The molecule has 2 rings (SSSR count). The van der Waals surface area contributed by atoms with E-state index in [-0.39, 0.29) is 0 Å². The van der Waals surface area contributed by atoms with Crippen molar-refractivity contribution >= 4 is 17.3 Å². The van der Waals surface area contributed by atoms with Gasteiger partial charge in [0.2, 0.25) is 0 Å². The Labute approximate surface area is 131 Å². The van der Waals surface area contributed by atoms with Gasteiger partial charge in [0.15, 0.2) is 0 Å². The molecule has 0 spiro atoms. The monoisotopic (exact) mass is 303 g/mol. The van der Waals surface area contributed by atoms with Gasteiger partial charge in [-0.15, -0.1) is 0 Å². The average Bonchev–Trinajstić information content (AvgIpc) is 2.48. The molecular formula is C18H22ClNO. The van der Waals surface area contributed by atoms with Crippen LogP contribution in [0.4, 0.5) is 5.69 Å². The smallest absolute Gasteiger partial charge is 0.0962 e. The van der Waals surface area contributed by atoms with Gasteiger partial charge in [-0.25, -0.2) is 0 Å². The van der Waals surface area contributed by atoms with Gasteiger partial charge in [0.25, 0.3) is 0 Å². The number of aryl methyl sites for hydroxylation is 1. The van der Waals surface area contributed by atoms with Gasteiger partial charge < -0.3 is 10.4 Å². The number of nitrogens with one attached hydrogen (secondary N) is 1. The minimum atomic E-state index is -0.537. The molecular weight excluding hydrogens is 282 g/mol. The fraction of sp³-hybridized carbons (Fsp3) is 0.333. The molecule has 0 heterocycles. The topological polar surface area (TPSA) is 32.3 Å². The van der Waals surface area contributed by atoms with Gasteiger partial charge in [-0.2, -0.15) is 0 Å². The second-order valence-corrected chi connectivity index (χ2v) is 6.11. The number of halogens is 1. The summed E-state index contributed by atoms with van der Waals surface area (Å²) in [5.74, 6) is 0.503. The van der Waals surface area contributed by atoms with Crippen LogP contribution in [0.15, 0.2) is 42.5 Å². The molecule has 3 heteroatoms. The molecule has 0 radical (unpaired) electrons. The minimum Gasteiger partial charge on any atom is -0.387 e. The van der Waals surface area contributed by atoms with Crippen molar-refractivity contribution < 1.29 is 5.11 Å². The van der Waals surface area contributed by atoms with Crippen LogP contribution >= 0.6 is 11.6 Å². The quantitative estimate of drug-likeness (QED) is 0.822. The molecule has 2 N–H and O–H groups in total. The molecule has 1 unspecified atom stereocenters. The third kappa shape index (κ3) is 4.23. The van der Waals surface area contributed by atoms with Crippen LogP contribution in [0.25, 0.3) is 0 Å². The summed E-state index contributed by atoms with van der Waals surface area (Å²) < 4.78 is 0. The van der Waals surface area contributed by atoms with Gasteiger partial charge in [0.05, 0.1) is 6.10 Å². The van der Waals surface area contributed by atoms with Crippen molar-refractivity contribution in [3.63, 3.8) is 0 Å².